The van der Waals surface area contributed by atoms with E-state index < -0.39 is 10.4 Å². The Morgan fingerprint density at radius 2 is 0.798 bits per heavy atom. The number of nitrogens with one attached hydrogen (secondary N) is 5. The van der Waals surface area contributed by atoms with E-state index in [4.69, 9.17) is 30.7 Å². The van der Waals surface area contributed by atoms with E-state index in [1.54, 1.807) is 13.8 Å². The third kappa shape index (κ3) is 31.4. The minimum absolute atomic E-state index is 0.380. The van der Waals surface area contributed by atoms with Gasteiger partial charge in [-0.25, -0.2) is 9.97 Å². The summed E-state index contributed by atoms with van der Waals surface area (Å²) in [5, 5.41) is 69.0. The zero-order valence-electron chi connectivity index (χ0n) is 62.0. The fourth-order valence-corrected chi connectivity index (χ4v) is 12.7. The Morgan fingerprint density at radius 3 is 1.13 bits per heavy atom. The number of nitrogens with two attached hydrogens (primary N) is 1. The van der Waals surface area contributed by atoms with Crippen LogP contribution in [-0.2, 0) is 40.4 Å². The lowest BCUT2D eigenvalue weighted by Gasteiger charge is -2.16. The maximum absolute atomic E-state index is 10.3. The van der Waals surface area contributed by atoms with Gasteiger partial charge in [-0.05, 0) is 185 Å². The van der Waals surface area contributed by atoms with Crippen LogP contribution in [0.5, 0.6) is 0 Å². The van der Waals surface area contributed by atoms with E-state index in [2.05, 4.69) is 175 Å². The molecule has 24 heteroatoms. The summed E-state index contributed by atoms with van der Waals surface area (Å²) in [5.74, 6) is 2.22. The van der Waals surface area contributed by atoms with E-state index in [-0.39, 0.29) is 0 Å². The van der Waals surface area contributed by atoms with Crippen molar-refractivity contribution < 1.29 is 22.5 Å². The highest BCUT2D eigenvalue weighted by molar-refractivity contribution is 7.80. The van der Waals surface area contributed by atoms with Crippen molar-refractivity contribution in [1.82, 2.24) is 24.4 Å². The van der Waals surface area contributed by atoms with Crippen molar-refractivity contribution in [2.45, 2.75) is 235 Å². The highest BCUT2D eigenvalue weighted by Gasteiger charge is 2.20. The van der Waals surface area contributed by atoms with Gasteiger partial charge in [0.15, 0.2) is 22.5 Å². The molecule has 0 aliphatic heterocycles. The monoisotopic (exact) mass is 1470 g/mol. The second-order valence-electron chi connectivity index (χ2n) is 25.8. The summed E-state index contributed by atoms with van der Waals surface area (Å²) in [6, 6.07) is 44.7. The number of hydrogen-bond donors (Lipinski definition) is 8. The van der Waals surface area contributed by atoms with Crippen molar-refractivity contribution in [1.29, 1.82) is 21.0 Å². The maximum Gasteiger partial charge on any atom is 0.415 e. The number of hydrogen-bond acceptors (Lipinski definition) is 22. The number of nitriles is 4. The molecule has 0 bridgehead atoms. The molecule has 0 aliphatic rings. The van der Waals surface area contributed by atoms with Crippen LogP contribution in [0.1, 0.15) is 249 Å². The summed E-state index contributed by atoms with van der Waals surface area (Å²) in [6.45, 7) is 16.4. The molecular formula is C80H106N16O5S3. The third-order valence-electron chi connectivity index (χ3n) is 17.3. The molecular weight excluding hydrogens is 1360 g/mol. The number of unbranched alkanes of at least 4 members (excludes halogenated alkanes) is 20. The standard InChI is InChI=1S/C40H50N8S.C35H48N4.C5H5N3S.H3NO5S/c1-5-7-9-11-13-15-17-31-19-23-33(24-20-31)43-38-35(27-41)29(3)37(46-47-40-36(28-42)30(4)48-49-40)39(45-38)44-34-25-21-32(22-26-34)18-16-14-12-10-8-6-2;1-4-6-8-10-12-14-16-29-18-22-31(23-19-29)37-34-26-28(3)33(27-36)35(39-34)38-32-24-20-30(21-25-32)17-15-13-11-9-7-5-2;1-3-4(2-6)5(7)9-8-3;2-1-6-7(3,4)5/h19-26H,5-18H2,1-4H3,(H2,43,44,45);18-26H,4-17H2,1-3H3,(H2,37,38,39);7H2,1H3;1-2H,(H,3,4,5). The van der Waals surface area contributed by atoms with Crippen molar-refractivity contribution in [3.8, 4) is 24.3 Å². The summed E-state index contributed by atoms with van der Waals surface area (Å²) in [6.07, 6.45) is 35.5. The van der Waals surface area contributed by atoms with Crippen molar-refractivity contribution in [3.05, 3.63) is 170 Å². The summed E-state index contributed by atoms with van der Waals surface area (Å²) in [5.41, 5.74) is 20.3. The Balaban J connectivity index is 0.000000312. The summed E-state index contributed by atoms with van der Waals surface area (Å²) < 4.78 is 37.4. The van der Waals surface area contributed by atoms with Gasteiger partial charge in [-0.2, -0.15) is 38.2 Å². The third-order valence-corrected chi connectivity index (χ3v) is 19.2. The number of aromatic nitrogens is 4. The molecule has 4 aromatic carbocycles. The lowest BCUT2D eigenvalue weighted by Crippen LogP contribution is -2.14. The fraction of sp³-hybridized carbons (Fsp3) is 0.450. The van der Waals surface area contributed by atoms with Gasteiger partial charge in [0.2, 0.25) is 0 Å². The number of nitrogens with zero attached hydrogens (tertiary/aromatic N) is 10. The van der Waals surface area contributed by atoms with Crippen LogP contribution >= 0.6 is 23.1 Å². The second kappa shape index (κ2) is 48.7. The molecule has 0 amide bonds. The average molecular weight is 1470 g/mol. The number of azo groups is 1. The van der Waals surface area contributed by atoms with Gasteiger partial charge < -0.3 is 27.0 Å². The Kier molecular flexibility index (Phi) is 40.0. The fourth-order valence-electron chi connectivity index (χ4n) is 11.3. The van der Waals surface area contributed by atoms with E-state index >= 15 is 0 Å². The molecule has 0 aliphatic carbocycles. The molecule has 0 saturated heterocycles. The van der Waals surface area contributed by atoms with Gasteiger partial charge in [-0.1, -0.05) is 210 Å². The normalized spacial score (nSPS) is 10.8. The highest BCUT2D eigenvalue weighted by atomic mass is 32.3. The smallest absolute Gasteiger partial charge is 0.388 e. The summed E-state index contributed by atoms with van der Waals surface area (Å²) >= 11 is 2.28. The quantitative estimate of drug-likeness (QED) is 0.00765. The van der Waals surface area contributed by atoms with Crippen molar-refractivity contribution in [3.63, 3.8) is 0 Å². The molecule has 21 nitrogen and oxygen atoms in total. The Bertz CT molecular complexity index is 4140. The van der Waals surface area contributed by atoms with Crippen LogP contribution in [0.4, 0.5) is 61.7 Å². The van der Waals surface area contributed by atoms with Gasteiger partial charge >= 0.3 is 10.4 Å². The molecule has 0 saturated carbocycles. The van der Waals surface area contributed by atoms with Gasteiger partial charge in [0, 0.05) is 28.3 Å². The lowest BCUT2D eigenvalue weighted by molar-refractivity contribution is -0.0456. The zero-order chi connectivity index (χ0) is 75.3. The lowest BCUT2D eigenvalue weighted by atomic mass is 10.0. The van der Waals surface area contributed by atoms with E-state index in [1.807, 2.05) is 38.1 Å². The molecule has 4 aromatic heterocycles. The van der Waals surface area contributed by atoms with Crippen molar-refractivity contribution >= 4 is 95.2 Å². The molecule has 0 spiro atoms. The van der Waals surface area contributed by atoms with Gasteiger partial charge in [-0.3, -0.25) is 9.76 Å². The van der Waals surface area contributed by atoms with Gasteiger partial charge in [-0.15, -0.1) is 14.5 Å². The average Bonchev–Trinajstić information content (AvgIpc) is 0.920. The highest BCUT2D eigenvalue weighted by Crippen LogP contribution is 2.39. The SMILES string of the molecule is CCCCCCCCc1ccc(Nc2cc(C)c(C#N)c(Nc3ccc(CCCCCCCC)cc3)n2)cc1.CCCCCCCCc1ccc(Nc2nc(Nc3ccc(CCCCCCCC)cc3)c(N=Nc3snc(C)c3C#N)c(C)c2C#N)cc1.Cc1nsc(N)c1C#N.O=S(=O)(O)ONO. The van der Waals surface area contributed by atoms with Crippen molar-refractivity contribution in [2.24, 2.45) is 10.2 Å². The molecule has 554 valence electrons. The number of benzene rings is 4. The Labute approximate surface area is 626 Å². The predicted molar refractivity (Wildman–Crippen MR) is 424 cm³/mol. The first-order chi connectivity index (χ1) is 50.4. The molecule has 8 aromatic rings. The van der Waals surface area contributed by atoms with Crippen LogP contribution in [-0.4, -0.2) is 36.9 Å². The summed E-state index contributed by atoms with van der Waals surface area (Å²) in [4.78, 5) is 9.66. The number of pyridine rings is 2. The Hall–Kier alpha value is -9.21. The van der Waals surface area contributed by atoms with Gasteiger partial charge in [0.25, 0.3) is 0 Å². The molecule has 0 atom stereocenters. The predicted octanol–water partition coefficient (Wildman–Crippen LogP) is 22.8. The number of rotatable bonds is 40. The molecule has 0 unspecified atom stereocenters. The minimum Gasteiger partial charge on any atom is -0.388 e. The summed E-state index contributed by atoms with van der Waals surface area (Å²) in [7, 11) is -4.54. The van der Waals surface area contributed by atoms with Crippen LogP contribution in [0.15, 0.2) is 113 Å². The van der Waals surface area contributed by atoms with E-state index in [9.17, 15) is 24.2 Å². The molecule has 9 N–H and O–H groups in total. The maximum atomic E-state index is 10.3. The first-order valence-corrected chi connectivity index (χ1v) is 39.6. The minimum atomic E-state index is -4.54. The van der Waals surface area contributed by atoms with Crippen molar-refractivity contribution in [2.75, 3.05) is 27.0 Å². The van der Waals surface area contributed by atoms with Gasteiger partial charge in [0.1, 0.15) is 51.9 Å². The van der Waals surface area contributed by atoms with E-state index in [0.717, 1.165) is 94.2 Å². The van der Waals surface area contributed by atoms with Crippen LogP contribution in [0.25, 0.3) is 0 Å². The first kappa shape index (κ1) is 85.4. The molecule has 8 rings (SSSR count). The molecule has 0 fully saturated rings. The van der Waals surface area contributed by atoms with Gasteiger partial charge in [0.05, 0.1) is 22.5 Å². The number of anilines is 9. The molecule has 0 radical (unpaired) electrons. The van der Waals surface area contributed by atoms with Crippen LogP contribution < -0.4 is 32.6 Å². The zero-order valence-corrected chi connectivity index (χ0v) is 64.5. The number of nitrogen functional groups attached to an aromatic ring is 1. The van der Waals surface area contributed by atoms with E-state index in [0.29, 0.717) is 66.7 Å². The van der Waals surface area contributed by atoms with Crippen LogP contribution in [0.3, 0.4) is 0 Å². The van der Waals surface area contributed by atoms with Crippen LogP contribution in [0.2, 0.25) is 0 Å². The van der Waals surface area contributed by atoms with Crippen LogP contribution in [0, 0.1) is 73.0 Å². The topological polar surface area (TPSA) is 341 Å². The molecule has 104 heavy (non-hydrogen) atoms. The first-order valence-electron chi connectivity index (χ1n) is 36.7. The molecule has 4 heterocycles. The largest absolute Gasteiger partial charge is 0.415 e. The second-order valence-corrected chi connectivity index (χ2v) is 28.3. The Morgan fingerprint density at radius 1 is 0.452 bits per heavy atom. The van der Waals surface area contributed by atoms with E-state index in [1.165, 1.54) is 176 Å². The number of aryl methyl sites for hydroxylation is 7.